The number of ether oxygens (including phenoxy) is 1. The highest BCUT2D eigenvalue weighted by Gasteiger charge is 2.20. The van der Waals surface area contributed by atoms with Gasteiger partial charge in [-0.3, -0.25) is 4.57 Å². The van der Waals surface area contributed by atoms with Gasteiger partial charge in [-0.1, -0.05) is 50.2 Å². The van der Waals surface area contributed by atoms with E-state index in [-0.39, 0.29) is 0 Å². The predicted octanol–water partition coefficient (Wildman–Crippen LogP) is 6.57. The van der Waals surface area contributed by atoms with Crippen molar-refractivity contribution >= 4 is 21.9 Å². The van der Waals surface area contributed by atoms with Crippen LogP contribution >= 0.6 is 0 Å². The maximum absolute atomic E-state index is 6.18. The van der Waals surface area contributed by atoms with Crippen molar-refractivity contribution in [3.63, 3.8) is 0 Å². The number of hydrogen-bond donors (Lipinski definition) is 0. The topological polar surface area (TPSA) is 40.2 Å². The number of imidazole rings is 1. The van der Waals surface area contributed by atoms with E-state index < -0.39 is 0 Å². The van der Waals surface area contributed by atoms with Gasteiger partial charge in [-0.2, -0.15) is 0 Å². The lowest BCUT2D eigenvalue weighted by atomic mass is 9.97. The SMILES string of the molecule is COc1ccc2oc3ccc(C(C)C)c(-n4ccnc4-c4ccccc4)c3c2c1. The van der Waals surface area contributed by atoms with Crippen molar-refractivity contribution in [3.8, 4) is 22.8 Å². The van der Waals surface area contributed by atoms with Crippen LogP contribution in [0.25, 0.3) is 39.0 Å². The molecule has 0 saturated heterocycles. The molecule has 0 spiro atoms. The summed E-state index contributed by atoms with van der Waals surface area (Å²) < 4.78 is 13.8. The second-order valence-corrected chi connectivity index (χ2v) is 7.48. The van der Waals surface area contributed by atoms with Crippen LogP contribution in [0.1, 0.15) is 25.3 Å². The first kappa shape index (κ1) is 17.6. The second-order valence-electron chi connectivity index (χ2n) is 7.48. The number of benzene rings is 3. The molecule has 3 aromatic carbocycles. The Bertz CT molecular complexity index is 1310. The fraction of sp³-hybridized carbons (Fsp3) is 0.160. The van der Waals surface area contributed by atoms with Crippen LogP contribution < -0.4 is 4.74 Å². The Labute approximate surface area is 169 Å². The van der Waals surface area contributed by atoms with Crippen LogP contribution in [-0.2, 0) is 0 Å². The van der Waals surface area contributed by atoms with Gasteiger partial charge < -0.3 is 9.15 Å². The fourth-order valence-corrected chi connectivity index (χ4v) is 3.98. The Kier molecular flexibility index (Phi) is 4.13. The van der Waals surface area contributed by atoms with Gasteiger partial charge in [0, 0.05) is 23.3 Å². The minimum atomic E-state index is 0.344. The normalized spacial score (nSPS) is 11.6. The first-order valence-electron chi connectivity index (χ1n) is 9.79. The minimum Gasteiger partial charge on any atom is -0.497 e. The zero-order chi connectivity index (χ0) is 20.0. The third-order valence-corrected chi connectivity index (χ3v) is 5.38. The summed E-state index contributed by atoms with van der Waals surface area (Å²) in [5.41, 5.74) is 5.15. The first-order valence-corrected chi connectivity index (χ1v) is 9.79. The largest absolute Gasteiger partial charge is 0.497 e. The van der Waals surface area contributed by atoms with Gasteiger partial charge in [-0.05, 0) is 35.7 Å². The lowest BCUT2D eigenvalue weighted by Gasteiger charge is -2.17. The molecule has 5 aromatic rings. The molecule has 144 valence electrons. The van der Waals surface area contributed by atoms with E-state index in [0.717, 1.165) is 44.8 Å². The quantitative estimate of drug-likeness (QED) is 0.353. The molecule has 0 amide bonds. The van der Waals surface area contributed by atoms with Crippen LogP contribution in [0.3, 0.4) is 0 Å². The Morgan fingerprint density at radius 2 is 1.76 bits per heavy atom. The Balaban J connectivity index is 1.90. The summed E-state index contributed by atoms with van der Waals surface area (Å²) in [4.78, 5) is 4.68. The van der Waals surface area contributed by atoms with E-state index in [1.165, 1.54) is 5.56 Å². The average Bonchev–Trinajstić information content (AvgIpc) is 3.37. The molecule has 0 aliphatic carbocycles. The Morgan fingerprint density at radius 3 is 2.52 bits per heavy atom. The van der Waals surface area contributed by atoms with Crippen molar-refractivity contribution < 1.29 is 9.15 Å². The molecule has 4 nitrogen and oxygen atoms in total. The molecule has 4 heteroatoms. The molecular formula is C25H22N2O2. The molecule has 0 aliphatic heterocycles. The molecule has 0 N–H and O–H groups in total. The van der Waals surface area contributed by atoms with Crippen molar-refractivity contribution in [2.45, 2.75) is 19.8 Å². The highest BCUT2D eigenvalue weighted by atomic mass is 16.5. The van der Waals surface area contributed by atoms with Crippen LogP contribution in [-0.4, -0.2) is 16.7 Å². The van der Waals surface area contributed by atoms with Crippen LogP contribution in [0.5, 0.6) is 5.75 Å². The molecule has 0 bridgehead atoms. The molecule has 2 heterocycles. The summed E-state index contributed by atoms with van der Waals surface area (Å²) in [5.74, 6) is 2.07. The van der Waals surface area contributed by atoms with E-state index in [2.05, 4.69) is 47.7 Å². The van der Waals surface area contributed by atoms with E-state index >= 15 is 0 Å². The van der Waals surface area contributed by atoms with E-state index in [1.807, 2.05) is 48.8 Å². The highest BCUT2D eigenvalue weighted by molar-refractivity contribution is 6.10. The van der Waals surface area contributed by atoms with Crippen molar-refractivity contribution in [2.24, 2.45) is 0 Å². The molecule has 0 fully saturated rings. The zero-order valence-electron chi connectivity index (χ0n) is 16.7. The predicted molar refractivity (Wildman–Crippen MR) is 117 cm³/mol. The van der Waals surface area contributed by atoms with Crippen molar-refractivity contribution in [2.75, 3.05) is 7.11 Å². The summed E-state index contributed by atoms with van der Waals surface area (Å²) in [7, 11) is 1.69. The maximum Gasteiger partial charge on any atom is 0.144 e. The molecule has 0 atom stereocenters. The van der Waals surface area contributed by atoms with E-state index in [1.54, 1.807) is 7.11 Å². The minimum absolute atomic E-state index is 0.344. The number of rotatable bonds is 4. The van der Waals surface area contributed by atoms with Crippen molar-refractivity contribution in [1.29, 1.82) is 0 Å². The Hall–Kier alpha value is -3.53. The van der Waals surface area contributed by atoms with Crippen LogP contribution in [0.4, 0.5) is 0 Å². The van der Waals surface area contributed by atoms with Gasteiger partial charge in [0.2, 0.25) is 0 Å². The van der Waals surface area contributed by atoms with Gasteiger partial charge in [0.25, 0.3) is 0 Å². The van der Waals surface area contributed by atoms with Gasteiger partial charge in [0.05, 0.1) is 18.2 Å². The standard InChI is InChI=1S/C25H22N2O2/c1-16(2)19-10-12-22-23(20-15-18(28-3)9-11-21(20)29-22)24(19)27-14-13-26-25(27)17-7-5-4-6-8-17/h4-16H,1-3H3. The maximum atomic E-state index is 6.18. The third-order valence-electron chi connectivity index (χ3n) is 5.38. The average molecular weight is 382 g/mol. The lowest BCUT2D eigenvalue weighted by Crippen LogP contribution is -2.03. The number of fused-ring (bicyclic) bond motifs is 3. The third kappa shape index (κ3) is 2.80. The van der Waals surface area contributed by atoms with Crippen LogP contribution in [0.15, 0.2) is 77.5 Å². The molecule has 29 heavy (non-hydrogen) atoms. The smallest absolute Gasteiger partial charge is 0.144 e. The molecule has 5 rings (SSSR count). The first-order chi connectivity index (χ1) is 14.2. The van der Waals surface area contributed by atoms with Gasteiger partial charge in [-0.15, -0.1) is 0 Å². The number of hydrogen-bond acceptors (Lipinski definition) is 3. The summed E-state index contributed by atoms with van der Waals surface area (Å²) in [5, 5.41) is 2.13. The van der Waals surface area contributed by atoms with Crippen LogP contribution in [0, 0.1) is 0 Å². The summed E-state index contributed by atoms with van der Waals surface area (Å²) in [6, 6.07) is 20.5. The Morgan fingerprint density at radius 1 is 0.966 bits per heavy atom. The molecule has 0 unspecified atom stereocenters. The molecular weight excluding hydrogens is 360 g/mol. The van der Waals surface area contributed by atoms with E-state index in [4.69, 9.17) is 9.15 Å². The van der Waals surface area contributed by atoms with Crippen molar-refractivity contribution in [3.05, 3.63) is 78.6 Å². The second kappa shape index (κ2) is 6.82. The monoisotopic (exact) mass is 382 g/mol. The van der Waals surface area contributed by atoms with Gasteiger partial charge in [0.1, 0.15) is 22.7 Å². The van der Waals surface area contributed by atoms with Crippen molar-refractivity contribution in [1.82, 2.24) is 9.55 Å². The molecule has 2 aromatic heterocycles. The van der Waals surface area contributed by atoms with Gasteiger partial charge >= 0.3 is 0 Å². The van der Waals surface area contributed by atoms with Gasteiger partial charge in [0.15, 0.2) is 0 Å². The highest BCUT2D eigenvalue weighted by Crippen LogP contribution is 2.40. The number of furan rings is 1. The number of aromatic nitrogens is 2. The van der Waals surface area contributed by atoms with Gasteiger partial charge in [-0.25, -0.2) is 4.98 Å². The zero-order valence-corrected chi connectivity index (χ0v) is 16.7. The van der Waals surface area contributed by atoms with E-state index in [0.29, 0.717) is 5.92 Å². The summed E-state index contributed by atoms with van der Waals surface area (Å²) in [6.07, 6.45) is 3.89. The number of nitrogens with zero attached hydrogens (tertiary/aromatic N) is 2. The summed E-state index contributed by atoms with van der Waals surface area (Å²) >= 11 is 0. The fourth-order valence-electron chi connectivity index (χ4n) is 3.98. The molecule has 0 aliphatic rings. The van der Waals surface area contributed by atoms with E-state index in [9.17, 15) is 0 Å². The summed E-state index contributed by atoms with van der Waals surface area (Å²) in [6.45, 7) is 4.43. The lowest BCUT2D eigenvalue weighted by molar-refractivity contribution is 0.415. The molecule has 0 saturated carbocycles. The molecule has 0 radical (unpaired) electrons. The van der Waals surface area contributed by atoms with Crippen LogP contribution in [0.2, 0.25) is 0 Å². The number of methoxy groups -OCH3 is 1.